The van der Waals surface area contributed by atoms with Crippen LogP contribution in [-0.4, -0.2) is 9.13 Å². The van der Waals surface area contributed by atoms with E-state index in [-0.39, 0.29) is 0 Å². The van der Waals surface area contributed by atoms with E-state index < -0.39 is 0 Å². The number of rotatable bonds is 4. The standard InChI is InChI=1S/C38H28N4/c39-33(25-11-3-1-4-12-25)19-20-38(40)42-35-18-10-8-16-30(35)32-22-26-21-31-29-15-7-9-17-34(29)41(28-13-5-2-6-14-28)36(31)23-27(26)24-37(32)42/h1-24H,39-40H2/b33-19-,38-20+. The van der Waals surface area contributed by atoms with Gasteiger partial charge in [-0.05, 0) is 77.0 Å². The van der Waals surface area contributed by atoms with Gasteiger partial charge in [0.1, 0.15) is 5.82 Å². The maximum absolute atomic E-state index is 6.80. The average molecular weight is 541 g/mol. The molecule has 6 aromatic carbocycles. The summed E-state index contributed by atoms with van der Waals surface area (Å²) in [7, 11) is 0. The predicted molar refractivity (Wildman–Crippen MR) is 178 cm³/mol. The molecule has 0 fully saturated rings. The summed E-state index contributed by atoms with van der Waals surface area (Å²) in [5.41, 5.74) is 20.5. The fourth-order valence-electron chi connectivity index (χ4n) is 6.29. The van der Waals surface area contributed by atoms with Crippen LogP contribution < -0.4 is 11.5 Å². The second-order valence-electron chi connectivity index (χ2n) is 10.7. The van der Waals surface area contributed by atoms with E-state index in [9.17, 15) is 0 Å². The molecule has 4 heteroatoms. The van der Waals surface area contributed by atoms with E-state index in [1.807, 2.05) is 42.5 Å². The molecule has 0 saturated heterocycles. The number of hydrogen-bond donors (Lipinski definition) is 2. The van der Waals surface area contributed by atoms with Crippen molar-refractivity contribution < 1.29 is 0 Å². The van der Waals surface area contributed by atoms with Crippen molar-refractivity contribution in [1.29, 1.82) is 0 Å². The normalized spacial score (nSPS) is 12.8. The fraction of sp³-hybridized carbons (Fsp3) is 0. The molecule has 2 aromatic heterocycles. The molecule has 0 atom stereocenters. The molecule has 0 spiro atoms. The lowest BCUT2D eigenvalue weighted by molar-refractivity contribution is 1.18. The van der Waals surface area contributed by atoms with Crippen LogP contribution in [0.5, 0.6) is 0 Å². The molecule has 200 valence electrons. The van der Waals surface area contributed by atoms with Crippen LogP contribution in [0, 0.1) is 0 Å². The summed E-state index contributed by atoms with van der Waals surface area (Å²) in [5, 5.41) is 7.18. The van der Waals surface area contributed by atoms with Crippen LogP contribution in [0.25, 0.3) is 71.6 Å². The molecular formula is C38H28N4. The molecule has 0 amide bonds. The van der Waals surface area contributed by atoms with Gasteiger partial charge in [0.05, 0.1) is 22.1 Å². The van der Waals surface area contributed by atoms with Crippen molar-refractivity contribution in [2.45, 2.75) is 0 Å². The summed E-state index contributed by atoms with van der Waals surface area (Å²) >= 11 is 0. The Morgan fingerprint density at radius 3 is 1.76 bits per heavy atom. The molecule has 0 saturated carbocycles. The lowest BCUT2D eigenvalue weighted by Gasteiger charge is -2.10. The fourth-order valence-corrected chi connectivity index (χ4v) is 6.29. The molecule has 42 heavy (non-hydrogen) atoms. The smallest absolute Gasteiger partial charge is 0.108 e. The summed E-state index contributed by atoms with van der Waals surface area (Å²) in [4.78, 5) is 0. The number of nitrogens with zero attached hydrogens (tertiary/aromatic N) is 2. The molecular weight excluding hydrogens is 512 g/mol. The zero-order valence-electron chi connectivity index (χ0n) is 22.9. The highest BCUT2D eigenvalue weighted by Gasteiger charge is 2.16. The minimum Gasteiger partial charge on any atom is -0.398 e. The Balaban J connectivity index is 1.40. The Morgan fingerprint density at radius 1 is 0.476 bits per heavy atom. The summed E-state index contributed by atoms with van der Waals surface area (Å²) in [6, 6.07) is 46.8. The summed E-state index contributed by atoms with van der Waals surface area (Å²) in [6.07, 6.45) is 3.78. The predicted octanol–water partition coefficient (Wildman–Crippen LogP) is 8.80. The zero-order valence-corrected chi connectivity index (χ0v) is 22.9. The molecule has 4 nitrogen and oxygen atoms in total. The van der Waals surface area contributed by atoms with E-state index in [4.69, 9.17) is 11.5 Å². The molecule has 0 bridgehead atoms. The average Bonchev–Trinajstić information content (AvgIpc) is 3.54. The van der Waals surface area contributed by atoms with Crippen molar-refractivity contribution in [3.63, 3.8) is 0 Å². The molecule has 8 aromatic rings. The molecule has 4 N–H and O–H groups in total. The third-order valence-electron chi connectivity index (χ3n) is 8.23. The summed E-state index contributed by atoms with van der Waals surface area (Å²) in [5.74, 6) is 0.610. The lowest BCUT2D eigenvalue weighted by atomic mass is 10.0. The third kappa shape index (κ3) is 3.70. The largest absolute Gasteiger partial charge is 0.398 e. The topological polar surface area (TPSA) is 61.9 Å². The van der Waals surface area contributed by atoms with Gasteiger partial charge in [-0.25, -0.2) is 0 Å². The number of para-hydroxylation sites is 3. The lowest BCUT2D eigenvalue weighted by Crippen LogP contribution is -2.06. The van der Waals surface area contributed by atoms with Gasteiger partial charge in [0.25, 0.3) is 0 Å². The quantitative estimate of drug-likeness (QED) is 0.219. The van der Waals surface area contributed by atoms with E-state index in [1.54, 1.807) is 0 Å². The second kappa shape index (κ2) is 9.43. The van der Waals surface area contributed by atoms with Crippen molar-refractivity contribution >= 4 is 65.9 Å². The van der Waals surface area contributed by atoms with Gasteiger partial charge in [-0.1, -0.05) is 84.9 Å². The van der Waals surface area contributed by atoms with Crippen LogP contribution >= 0.6 is 0 Å². The van der Waals surface area contributed by atoms with Crippen molar-refractivity contribution in [3.05, 3.63) is 151 Å². The Bertz CT molecular complexity index is 2350. The van der Waals surface area contributed by atoms with Crippen LogP contribution in [0.2, 0.25) is 0 Å². The summed E-state index contributed by atoms with van der Waals surface area (Å²) < 4.78 is 4.49. The molecule has 0 aliphatic rings. The van der Waals surface area contributed by atoms with Gasteiger partial charge in [-0.15, -0.1) is 0 Å². The highest BCUT2D eigenvalue weighted by atomic mass is 15.1. The molecule has 0 aliphatic carbocycles. The minimum absolute atomic E-state index is 0.610. The molecule has 0 unspecified atom stereocenters. The maximum Gasteiger partial charge on any atom is 0.108 e. The van der Waals surface area contributed by atoms with Gasteiger partial charge < -0.3 is 16.0 Å². The number of aromatic nitrogens is 2. The van der Waals surface area contributed by atoms with E-state index in [0.717, 1.165) is 33.1 Å². The van der Waals surface area contributed by atoms with Crippen LogP contribution in [0.1, 0.15) is 5.56 Å². The van der Waals surface area contributed by atoms with Crippen molar-refractivity contribution in [3.8, 4) is 5.69 Å². The van der Waals surface area contributed by atoms with Gasteiger partial charge in [0.2, 0.25) is 0 Å². The van der Waals surface area contributed by atoms with E-state index in [2.05, 4.69) is 112 Å². The van der Waals surface area contributed by atoms with Crippen molar-refractivity contribution in [1.82, 2.24) is 9.13 Å². The minimum atomic E-state index is 0.610. The molecule has 8 rings (SSSR count). The number of nitrogens with two attached hydrogens (primary N) is 2. The Morgan fingerprint density at radius 2 is 1.02 bits per heavy atom. The number of hydrogen-bond acceptors (Lipinski definition) is 2. The monoisotopic (exact) mass is 540 g/mol. The van der Waals surface area contributed by atoms with Crippen molar-refractivity contribution in [2.24, 2.45) is 11.5 Å². The number of benzene rings is 6. The van der Waals surface area contributed by atoms with Gasteiger partial charge in [-0.2, -0.15) is 0 Å². The molecule has 2 heterocycles. The van der Waals surface area contributed by atoms with E-state index in [1.165, 1.54) is 32.6 Å². The number of allylic oxidation sites excluding steroid dienone is 2. The van der Waals surface area contributed by atoms with Crippen LogP contribution in [0.3, 0.4) is 0 Å². The van der Waals surface area contributed by atoms with Crippen LogP contribution in [-0.2, 0) is 0 Å². The SMILES string of the molecule is N/C(=C\C=C(/N)n1c2ccccc2c2cc3cc4c5ccccc5n(-c5ccccc5)c4cc3cc21)c1ccccc1. The molecule has 0 aliphatic heterocycles. The Kier molecular flexibility index (Phi) is 5.41. The maximum atomic E-state index is 6.80. The first-order valence-corrected chi connectivity index (χ1v) is 14.1. The highest BCUT2D eigenvalue weighted by molar-refractivity contribution is 6.18. The van der Waals surface area contributed by atoms with Crippen LogP contribution in [0.4, 0.5) is 0 Å². The van der Waals surface area contributed by atoms with E-state index >= 15 is 0 Å². The van der Waals surface area contributed by atoms with E-state index in [0.29, 0.717) is 11.5 Å². The zero-order chi connectivity index (χ0) is 28.2. The van der Waals surface area contributed by atoms with Gasteiger partial charge in [0.15, 0.2) is 0 Å². The highest BCUT2D eigenvalue weighted by Crippen LogP contribution is 2.38. The van der Waals surface area contributed by atoms with Gasteiger partial charge in [0, 0.05) is 32.9 Å². The third-order valence-corrected chi connectivity index (χ3v) is 8.23. The van der Waals surface area contributed by atoms with Gasteiger partial charge in [-0.3, -0.25) is 4.57 Å². The van der Waals surface area contributed by atoms with Crippen LogP contribution in [0.15, 0.2) is 146 Å². The van der Waals surface area contributed by atoms with Crippen molar-refractivity contribution in [2.75, 3.05) is 0 Å². The summed E-state index contributed by atoms with van der Waals surface area (Å²) in [6.45, 7) is 0. The first kappa shape index (κ1) is 24.1. The first-order chi connectivity index (χ1) is 20.7. The molecule has 0 radical (unpaired) electrons. The Labute approximate surface area is 243 Å². The Hall–Kier alpha value is -5.74. The number of fused-ring (bicyclic) bond motifs is 7. The van der Waals surface area contributed by atoms with Gasteiger partial charge >= 0.3 is 0 Å². The second-order valence-corrected chi connectivity index (χ2v) is 10.7. The first-order valence-electron chi connectivity index (χ1n) is 14.1.